The van der Waals surface area contributed by atoms with Gasteiger partial charge in [-0.1, -0.05) is 11.7 Å². The van der Waals surface area contributed by atoms with Crippen LogP contribution in [0.4, 0.5) is 0 Å². The number of nitrogens with one attached hydrogen (secondary N) is 1. The highest BCUT2D eigenvalue weighted by molar-refractivity contribution is 8.67. The molecule has 2 heterocycles. The molecule has 0 aromatic heterocycles. The minimum atomic E-state index is -0.0434. The van der Waals surface area contributed by atoms with Gasteiger partial charge in [-0.05, 0) is 36.7 Å². The van der Waals surface area contributed by atoms with Gasteiger partial charge in [0.2, 0.25) is 5.91 Å². The average Bonchev–Trinajstić information content (AvgIpc) is 2.24. The Labute approximate surface area is 93.9 Å². The maximum atomic E-state index is 11.8. The highest BCUT2D eigenvalue weighted by Crippen LogP contribution is 2.39. The number of piperidine rings is 2. The van der Waals surface area contributed by atoms with Crippen LogP contribution in [0.5, 0.6) is 0 Å². The minimum Gasteiger partial charge on any atom is -0.356 e. The molecule has 1 N–H and O–H groups in total. The van der Waals surface area contributed by atoms with E-state index >= 15 is 0 Å². The Morgan fingerprint density at radius 2 is 2.07 bits per heavy atom. The summed E-state index contributed by atoms with van der Waals surface area (Å²) in [5, 5.41) is 2.99. The number of rotatable bonds is 1. The molecule has 2 fully saturated rings. The monoisotopic (exact) mass is 232 g/mol. The molecule has 2 saturated heterocycles. The molecular formula is C9H16N2OS2. The fourth-order valence-corrected chi connectivity index (χ4v) is 3.24. The number of hydrogen-bond acceptors (Lipinski definition) is 4. The molecule has 14 heavy (non-hydrogen) atoms. The van der Waals surface area contributed by atoms with E-state index in [1.54, 1.807) is 0 Å². The summed E-state index contributed by atoms with van der Waals surface area (Å²) in [7, 11) is 1.49. The van der Waals surface area contributed by atoms with Crippen molar-refractivity contribution >= 4 is 28.5 Å². The van der Waals surface area contributed by atoms with Gasteiger partial charge >= 0.3 is 0 Å². The van der Waals surface area contributed by atoms with Crippen molar-refractivity contribution in [2.45, 2.75) is 25.7 Å². The van der Waals surface area contributed by atoms with Crippen LogP contribution in [0.15, 0.2) is 0 Å². The van der Waals surface area contributed by atoms with E-state index in [2.05, 4.69) is 21.3 Å². The predicted molar refractivity (Wildman–Crippen MR) is 62.1 cm³/mol. The maximum Gasteiger partial charge on any atom is 0.226 e. The summed E-state index contributed by atoms with van der Waals surface area (Å²) in [6.45, 7) is 2.84. The van der Waals surface area contributed by atoms with Gasteiger partial charge in [-0.2, -0.15) is 0 Å². The van der Waals surface area contributed by atoms with E-state index in [0.717, 1.165) is 45.3 Å². The molecule has 0 atom stereocenters. The van der Waals surface area contributed by atoms with Crippen molar-refractivity contribution in [1.29, 1.82) is 0 Å². The molecule has 3 nitrogen and oxygen atoms in total. The molecule has 1 amide bonds. The topological polar surface area (TPSA) is 32.3 Å². The van der Waals surface area contributed by atoms with E-state index in [9.17, 15) is 4.79 Å². The molecule has 80 valence electrons. The molecule has 0 radical (unpaired) electrons. The van der Waals surface area contributed by atoms with E-state index in [1.165, 1.54) is 11.0 Å². The lowest BCUT2D eigenvalue weighted by Crippen LogP contribution is -2.50. The number of thiol groups is 1. The summed E-state index contributed by atoms with van der Waals surface area (Å²) in [4.78, 5) is 11.8. The van der Waals surface area contributed by atoms with Gasteiger partial charge < -0.3 is 5.32 Å². The van der Waals surface area contributed by atoms with E-state index in [0.29, 0.717) is 0 Å². The van der Waals surface area contributed by atoms with Crippen LogP contribution in [0.25, 0.3) is 0 Å². The Morgan fingerprint density at radius 3 is 2.64 bits per heavy atom. The molecule has 2 aliphatic heterocycles. The number of carbonyl (C=O) groups is 1. The van der Waals surface area contributed by atoms with Crippen LogP contribution in [0.3, 0.4) is 0 Å². The summed E-state index contributed by atoms with van der Waals surface area (Å²) in [5.74, 6) is 0.285. The molecule has 2 rings (SSSR count). The van der Waals surface area contributed by atoms with Gasteiger partial charge in [0.15, 0.2) is 0 Å². The van der Waals surface area contributed by atoms with E-state index in [4.69, 9.17) is 0 Å². The zero-order valence-corrected chi connectivity index (χ0v) is 9.87. The zero-order chi connectivity index (χ0) is 10.0. The van der Waals surface area contributed by atoms with Crippen LogP contribution < -0.4 is 5.32 Å². The molecule has 0 aliphatic carbocycles. The van der Waals surface area contributed by atoms with Gasteiger partial charge in [-0.15, -0.1) is 0 Å². The average molecular weight is 232 g/mol. The summed E-state index contributed by atoms with van der Waals surface area (Å²) in [6.07, 6.45) is 4.20. The van der Waals surface area contributed by atoms with Crippen molar-refractivity contribution in [1.82, 2.24) is 9.62 Å². The minimum absolute atomic E-state index is 0.0434. The second-order valence-corrected chi connectivity index (χ2v) is 5.32. The van der Waals surface area contributed by atoms with Gasteiger partial charge in [0, 0.05) is 19.6 Å². The number of amides is 1. The second kappa shape index (κ2) is 4.33. The summed E-state index contributed by atoms with van der Waals surface area (Å²) in [5.41, 5.74) is -0.0434. The molecule has 5 heteroatoms. The molecule has 0 aromatic carbocycles. The number of hydrogen-bond donors (Lipinski definition) is 2. The zero-order valence-electron chi connectivity index (χ0n) is 8.16. The first-order chi connectivity index (χ1) is 6.77. The van der Waals surface area contributed by atoms with Crippen molar-refractivity contribution in [2.75, 3.05) is 19.6 Å². The van der Waals surface area contributed by atoms with E-state index in [1.807, 2.05) is 0 Å². The summed E-state index contributed by atoms with van der Waals surface area (Å²) in [6, 6.07) is 0. The highest BCUT2D eigenvalue weighted by Gasteiger charge is 2.42. The van der Waals surface area contributed by atoms with Crippen LogP contribution >= 0.6 is 22.6 Å². The number of carbonyl (C=O) groups excluding carboxylic acids is 1. The largest absolute Gasteiger partial charge is 0.356 e. The van der Waals surface area contributed by atoms with Crippen LogP contribution in [-0.4, -0.2) is 29.8 Å². The first-order valence-electron chi connectivity index (χ1n) is 5.12. The molecule has 1 spiro atoms. The Bertz CT molecular complexity index is 227. The molecule has 0 saturated carbocycles. The van der Waals surface area contributed by atoms with Crippen molar-refractivity contribution in [3.05, 3.63) is 0 Å². The van der Waals surface area contributed by atoms with Crippen molar-refractivity contribution in [3.8, 4) is 0 Å². The third-order valence-corrected chi connectivity index (χ3v) is 4.68. The third kappa shape index (κ3) is 1.90. The standard InChI is InChI=1S/C9H16N2OS2/c12-8-9(2-1-5-10-8)3-6-11(14-13)7-4-9/h13H,1-7H2,(H,10,12). The first-order valence-corrected chi connectivity index (χ1v) is 6.94. The van der Waals surface area contributed by atoms with E-state index in [-0.39, 0.29) is 11.3 Å². The Morgan fingerprint density at radius 1 is 1.36 bits per heavy atom. The van der Waals surface area contributed by atoms with Crippen LogP contribution in [-0.2, 0) is 4.79 Å². The lowest BCUT2D eigenvalue weighted by atomic mass is 9.73. The quantitative estimate of drug-likeness (QED) is 0.408. The summed E-state index contributed by atoms with van der Waals surface area (Å²) < 4.78 is 2.22. The van der Waals surface area contributed by atoms with Crippen LogP contribution in [0.2, 0.25) is 0 Å². The van der Waals surface area contributed by atoms with Gasteiger partial charge in [-0.3, -0.25) is 4.79 Å². The lowest BCUT2D eigenvalue weighted by molar-refractivity contribution is -0.135. The summed E-state index contributed by atoms with van der Waals surface area (Å²) >= 11 is 4.18. The van der Waals surface area contributed by atoms with Crippen molar-refractivity contribution in [3.63, 3.8) is 0 Å². The molecule has 0 bridgehead atoms. The van der Waals surface area contributed by atoms with Crippen molar-refractivity contribution in [2.24, 2.45) is 5.41 Å². The first kappa shape index (κ1) is 10.6. The van der Waals surface area contributed by atoms with Gasteiger partial charge in [-0.25, -0.2) is 4.31 Å². The number of nitrogens with zero attached hydrogens (tertiary/aromatic N) is 1. The lowest BCUT2D eigenvalue weighted by Gasteiger charge is -2.41. The Kier molecular flexibility index (Phi) is 3.29. The SMILES string of the molecule is O=C1NCCCC12CCN(SS)CC2. The van der Waals surface area contributed by atoms with Gasteiger partial charge in [0.1, 0.15) is 0 Å². The van der Waals surface area contributed by atoms with Crippen molar-refractivity contribution < 1.29 is 4.79 Å². The maximum absolute atomic E-state index is 11.8. The van der Waals surface area contributed by atoms with Crippen LogP contribution in [0.1, 0.15) is 25.7 Å². The van der Waals surface area contributed by atoms with Crippen LogP contribution in [0, 0.1) is 5.41 Å². The van der Waals surface area contributed by atoms with Gasteiger partial charge in [0.25, 0.3) is 0 Å². The Hall–Kier alpha value is 0.130. The fraction of sp³-hybridized carbons (Fsp3) is 0.889. The van der Waals surface area contributed by atoms with E-state index < -0.39 is 0 Å². The third-order valence-electron chi connectivity index (χ3n) is 3.39. The molecule has 0 aromatic rings. The molecular weight excluding hydrogens is 216 g/mol. The smallest absolute Gasteiger partial charge is 0.226 e. The molecule has 0 unspecified atom stereocenters. The Balaban J connectivity index is 1.99. The highest BCUT2D eigenvalue weighted by atomic mass is 33.1. The predicted octanol–water partition coefficient (Wildman–Crippen LogP) is 1.47. The normalized spacial score (nSPS) is 27.6. The fourth-order valence-electron chi connectivity index (χ4n) is 2.40. The second-order valence-electron chi connectivity index (χ2n) is 4.15. The molecule has 2 aliphatic rings. The van der Waals surface area contributed by atoms with Gasteiger partial charge in [0.05, 0.1) is 5.41 Å².